The molecule has 0 saturated heterocycles. The number of amides is 1. The summed E-state index contributed by atoms with van der Waals surface area (Å²) in [6, 6.07) is 14.5. The first kappa shape index (κ1) is 18.4. The molecule has 0 atom stereocenters. The Balaban J connectivity index is 2.13. The number of nitrogens with zero attached hydrogens (tertiary/aromatic N) is 2. The van der Waals surface area contributed by atoms with Gasteiger partial charge in [-0.05, 0) is 31.9 Å². The molecule has 6 heteroatoms. The average molecular weight is 342 g/mol. The zero-order valence-corrected chi connectivity index (χ0v) is 14.4. The Morgan fingerprint density at radius 1 is 1.12 bits per heavy atom. The van der Waals surface area contributed by atoms with Gasteiger partial charge in [0.1, 0.15) is 12.2 Å². The predicted molar refractivity (Wildman–Crippen MR) is 93.7 cm³/mol. The van der Waals surface area contributed by atoms with Crippen molar-refractivity contribution in [1.29, 1.82) is 0 Å². The molecule has 2 rings (SSSR count). The highest BCUT2D eigenvalue weighted by atomic mass is 16.5. The molecule has 2 aromatic rings. The first-order valence-electron chi connectivity index (χ1n) is 8.14. The number of aliphatic carboxylic acids is 1. The van der Waals surface area contributed by atoms with E-state index in [0.717, 1.165) is 5.56 Å². The second-order valence-corrected chi connectivity index (χ2v) is 5.88. The van der Waals surface area contributed by atoms with Gasteiger partial charge in [0, 0.05) is 12.6 Å². The lowest BCUT2D eigenvalue weighted by Crippen LogP contribution is -2.37. The van der Waals surface area contributed by atoms with E-state index in [4.69, 9.17) is 9.84 Å². The molecule has 25 heavy (non-hydrogen) atoms. The zero-order chi connectivity index (χ0) is 18.2. The molecule has 0 spiro atoms. The molecule has 1 aromatic carbocycles. The standard InChI is InChI=1S/C19H22N2O4/c1-14(2)25-17-10-6-9-16(20-17)19(24)21(13-18(22)23)12-11-15-7-4-3-5-8-15/h3-10,14H,11-13H2,1-2H3,(H,22,23). The predicted octanol–water partition coefficient (Wildman–Crippen LogP) is 2.64. The van der Waals surface area contributed by atoms with Crippen LogP contribution in [0.5, 0.6) is 5.88 Å². The van der Waals surface area contributed by atoms with Crippen LogP contribution in [0.4, 0.5) is 0 Å². The van der Waals surface area contributed by atoms with Crippen molar-refractivity contribution < 1.29 is 19.4 Å². The van der Waals surface area contributed by atoms with Crippen LogP contribution < -0.4 is 4.74 Å². The van der Waals surface area contributed by atoms with Crippen LogP contribution in [-0.4, -0.2) is 46.1 Å². The number of aromatic nitrogens is 1. The Bertz CT molecular complexity index is 716. The first-order chi connectivity index (χ1) is 12.0. The van der Waals surface area contributed by atoms with E-state index in [0.29, 0.717) is 18.8 Å². The van der Waals surface area contributed by atoms with Gasteiger partial charge in [-0.15, -0.1) is 0 Å². The number of hydrogen-bond donors (Lipinski definition) is 1. The Kier molecular flexibility index (Phi) is 6.51. The number of carboxylic acids is 1. The van der Waals surface area contributed by atoms with Gasteiger partial charge in [-0.1, -0.05) is 36.4 Å². The quantitative estimate of drug-likeness (QED) is 0.798. The lowest BCUT2D eigenvalue weighted by Gasteiger charge is -2.20. The number of ether oxygens (including phenoxy) is 1. The molecule has 1 heterocycles. The minimum absolute atomic E-state index is 0.0638. The maximum absolute atomic E-state index is 12.7. The molecule has 0 unspecified atom stereocenters. The first-order valence-corrected chi connectivity index (χ1v) is 8.14. The summed E-state index contributed by atoms with van der Waals surface area (Å²) in [5.74, 6) is -1.14. The highest BCUT2D eigenvalue weighted by molar-refractivity contribution is 5.94. The minimum Gasteiger partial charge on any atom is -0.480 e. The fourth-order valence-corrected chi connectivity index (χ4v) is 2.33. The molecular weight excluding hydrogens is 320 g/mol. The molecule has 0 aliphatic carbocycles. The van der Waals surface area contributed by atoms with Gasteiger partial charge >= 0.3 is 5.97 Å². The number of hydrogen-bond acceptors (Lipinski definition) is 4. The van der Waals surface area contributed by atoms with E-state index in [2.05, 4.69) is 4.98 Å². The third-order valence-corrected chi connectivity index (χ3v) is 3.43. The fourth-order valence-electron chi connectivity index (χ4n) is 2.33. The van der Waals surface area contributed by atoms with Crippen molar-refractivity contribution in [3.8, 4) is 5.88 Å². The average Bonchev–Trinajstić information content (AvgIpc) is 2.58. The summed E-state index contributed by atoms with van der Waals surface area (Å²) < 4.78 is 5.50. The zero-order valence-electron chi connectivity index (χ0n) is 14.4. The monoisotopic (exact) mass is 342 g/mol. The summed E-state index contributed by atoms with van der Waals surface area (Å²) in [6.45, 7) is 3.66. The van der Waals surface area contributed by atoms with Crippen molar-refractivity contribution in [3.63, 3.8) is 0 Å². The van der Waals surface area contributed by atoms with Crippen LogP contribution in [0.3, 0.4) is 0 Å². The van der Waals surface area contributed by atoms with Crippen LogP contribution in [0, 0.1) is 0 Å². The van der Waals surface area contributed by atoms with Crippen LogP contribution in [0.2, 0.25) is 0 Å². The van der Waals surface area contributed by atoms with Gasteiger partial charge in [0.2, 0.25) is 5.88 Å². The van der Waals surface area contributed by atoms with Gasteiger partial charge in [0.25, 0.3) is 5.91 Å². The topological polar surface area (TPSA) is 79.7 Å². The lowest BCUT2D eigenvalue weighted by atomic mass is 10.1. The number of carbonyl (C=O) groups is 2. The van der Waals surface area contributed by atoms with E-state index < -0.39 is 11.9 Å². The van der Waals surface area contributed by atoms with Crippen LogP contribution >= 0.6 is 0 Å². The molecule has 0 radical (unpaired) electrons. The summed E-state index contributed by atoms with van der Waals surface area (Å²) in [5.41, 5.74) is 1.21. The van der Waals surface area contributed by atoms with Crippen LogP contribution in [0.15, 0.2) is 48.5 Å². The van der Waals surface area contributed by atoms with Crippen molar-refractivity contribution in [3.05, 3.63) is 59.8 Å². The highest BCUT2D eigenvalue weighted by Gasteiger charge is 2.20. The molecule has 0 saturated carbocycles. The van der Waals surface area contributed by atoms with Crippen LogP contribution in [-0.2, 0) is 11.2 Å². The third-order valence-electron chi connectivity index (χ3n) is 3.43. The molecule has 0 fully saturated rings. The van der Waals surface area contributed by atoms with E-state index >= 15 is 0 Å². The smallest absolute Gasteiger partial charge is 0.323 e. The fraction of sp³-hybridized carbons (Fsp3) is 0.316. The molecule has 0 aliphatic heterocycles. The number of benzene rings is 1. The summed E-state index contributed by atoms with van der Waals surface area (Å²) >= 11 is 0. The molecular formula is C19H22N2O4. The Morgan fingerprint density at radius 2 is 1.84 bits per heavy atom. The number of carboxylic acid groups (broad SMARTS) is 1. The van der Waals surface area contributed by atoms with Gasteiger partial charge in [-0.25, -0.2) is 4.98 Å². The molecule has 0 bridgehead atoms. The number of carbonyl (C=O) groups excluding carboxylic acids is 1. The van der Waals surface area contributed by atoms with Gasteiger partial charge in [-0.2, -0.15) is 0 Å². The Hall–Kier alpha value is -2.89. The maximum atomic E-state index is 12.7. The van der Waals surface area contributed by atoms with E-state index in [9.17, 15) is 9.59 Å². The summed E-state index contributed by atoms with van der Waals surface area (Å²) in [7, 11) is 0. The SMILES string of the molecule is CC(C)Oc1cccc(C(=O)N(CCc2ccccc2)CC(=O)O)n1. The number of rotatable bonds is 8. The summed E-state index contributed by atoms with van der Waals surface area (Å²) in [5, 5.41) is 9.11. The second kappa shape index (κ2) is 8.82. The van der Waals surface area contributed by atoms with Crippen LogP contribution in [0.1, 0.15) is 29.9 Å². The van der Waals surface area contributed by atoms with Gasteiger partial charge in [0.15, 0.2) is 0 Å². The van der Waals surface area contributed by atoms with Crippen LogP contribution in [0.25, 0.3) is 0 Å². The van der Waals surface area contributed by atoms with Crippen molar-refractivity contribution in [2.24, 2.45) is 0 Å². The Labute approximate surface area is 147 Å². The maximum Gasteiger partial charge on any atom is 0.323 e. The lowest BCUT2D eigenvalue weighted by molar-refractivity contribution is -0.137. The van der Waals surface area contributed by atoms with E-state index in [1.54, 1.807) is 18.2 Å². The van der Waals surface area contributed by atoms with Crippen molar-refractivity contribution in [1.82, 2.24) is 9.88 Å². The van der Waals surface area contributed by atoms with Gasteiger partial charge < -0.3 is 14.7 Å². The second-order valence-electron chi connectivity index (χ2n) is 5.88. The molecule has 132 valence electrons. The van der Waals surface area contributed by atoms with E-state index in [1.807, 2.05) is 44.2 Å². The largest absolute Gasteiger partial charge is 0.480 e. The summed E-state index contributed by atoms with van der Waals surface area (Å²) in [6.07, 6.45) is 0.508. The molecule has 1 aromatic heterocycles. The van der Waals surface area contributed by atoms with Gasteiger partial charge in [0.05, 0.1) is 6.10 Å². The Morgan fingerprint density at radius 3 is 2.48 bits per heavy atom. The minimum atomic E-state index is -1.06. The van der Waals surface area contributed by atoms with Gasteiger partial charge in [-0.3, -0.25) is 9.59 Å². The molecule has 6 nitrogen and oxygen atoms in total. The molecule has 1 N–H and O–H groups in total. The van der Waals surface area contributed by atoms with Crippen molar-refractivity contribution in [2.75, 3.05) is 13.1 Å². The third kappa shape index (κ3) is 5.91. The van der Waals surface area contributed by atoms with E-state index in [1.165, 1.54) is 4.90 Å². The van der Waals surface area contributed by atoms with E-state index in [-0.39, 0.29) is 18.3 Å². The molecule has 1 amide bonds. The van der Waals surface area contributed by atoms with Crippen molar-refractivity contribution >= 4 is 11.9 Å². The normalized spacial score (nSPS) is 10.5. The number of pyridine rings is 1. The van der Waals surface area contributed by atoms with Crippen molar-refractivity contribution in [2.45, 2.75) is 26.4 Å². The highest BCUT2D eigenvalue weighted by Crippen LogP contribution is 2.12. The molecule has 0 aliphatic rings. The summed E-state index contributed by atoms with van der Waals surface area (Å²) in [4.78, 5) is 29.3.